The van der Waals surface area contributed by atoms with Crippen LogP contribution in [0, 0.1) is 6.92 Å². The second kappa shape index (κ2) is 2.56. The molecule has 0 bridgehead atoms. The molecule has 0 radical (unpaired) electrons. The number of fused-ring (bicyclic) bond motifs is 1. The van der Waals surface area contributed by atoms with Gasteiger partial charge < -0.3 is 0 Å². The first-order chi connectivity index (χ1) is 5.29. The Labute approximate surface area is 72.0 Å². The fourth-order valence-corrected chi connectivity index (χ4v) is 3.10. The molecule has 1 aromatic rings. The van der Waals surface area contributed by atoms with Crippen LogP contribution >= 0.6 is 0 Å². The Morgan fingerprint density at radius 2 is 2.27 bits per heavy atom. The fraction of sp³-hybridized carbons (Fsp3) is 0.400. The molecule has 1 unspecified atom stereocenters. The van der Waals surface area contributed by atoms with Crippen LogP contribution in [0.3, 0.4) is 0 Å². The lowest BCUT2D eigenvalue weighted by atomic mass is 10.0. The van der Waals surface area contributed by atoms with Gasteiger partial charge in [-0.25, -0.2) is 0 Å². The number of hydrogen-bond donors (Lipinski definition) is 0. The van der Waals surface area contributed by atoms with Crippen molar-refractivity contribution in [3.63, 3.8) is 0 Å². The minimum atomic E-state index is 0.770. The van der Waals surface area contributed by atoms with Gasteiger partial charge in [-0.1, -0.05) is 18.2 Å². The Morgan fingerprint density at radius 3 is 3.00 bits per heavy atom. The van der Waals surface area contributed by atoms with Crippen LogP contribution in [-0.2, 0) is 17.5 Å². The number of benzene rings is 1. The highest BCUT2D eigenvalue weighted by Gasteiger charge is 2.26. The molecule has 0 saturated carbocycles. The van der Waals surface area contributed by atoms with Crippen molar-refractivity contribution < 1.29 is 0 Å². The van der Waals surface area contributed by atoms with Gasteiger partial charge in [0.2, 0.25) is 0 Å². The van der Waals surface area contributed by atoms with Gasteiger partial charge in [-0.3, -0.25) is 0 Å². The molecule has 1 aromatic carbocycles. The molecule has 1 aliphatic heterocycles. The summed E-state index contributed by atoms with van der Waals surface area (Å²) in [5.41, 5.74) is 4.65. The van der Waals surface area contributed by atoms with Gasteiger partial charge in [-0.15, -0.1) is 0 Å². The minimum absolute atomic E-state index is 0.770. The summed E-state index contributed by atoms with van der Waals surface area (Å²) in [5.74, 6) is 1.26. The van der Waals surface area contributed by atoms with E-state index >= 15 is 0 Å². The summed E-state index contributed by atoms with van der Waals surface area (Å²) in [6, 6.07) is 6.65. The Morgan fingerprint density at radius 1 is 1.45 bits per heavy atom. The molecule has 2 rings (SSSR count). The van der Waals surface area contributed by atoms with Gasteiger partial charge in [-0.2, -0.15) is 0 Å². The highest BCUT2D eigenvalue weighted by Crippen LogP contribution is 2.32. The van der Waals surface area contributed by atoms with Crippen molar-refractivity contribution in [2.75, 3.05) is 0 Å². The van der Waals surface area contributed by atoms with Crippen LogP contribution in [0.5, 0.6) is 0 Å². The third kappa shape index (κ3) is 1.08. The average Bonchev–Trinajstić information content (AvgIpc) is 2.34. The Bertz CT molecular complexity index is 278. The Hall–Kier alpha value is -0.430. The average molecular weight is 165 g/mol. The SMILES string of the molecule is Cc1cccc2c1C(C)[SH+]C2. The maximum absolute atomic E-state index is 2.32. The molecule has 1 heterocycles. The quantitative estimate of drug-likeness (QED) is 0.409. The second-order valence-electron chi connectivity index (χ2n) is 3.16. The smallest absolute Gasteiger partial charge is 0.0615 e. The normalized spacial score (nSPS) is 21.8. The van der Waals surface area contributed by atoms with Crippen LogP contribution in [0.2, 0.25) is 0 Å². The lowest BCUT2D eigenvalue weighted by molar-refractivity contribution is 1.08. The summed E-state index contributed by atoms with van der Waals surface area (Å²) in [5, 5.41) is 0.770. The minimum Gasteiger partial charge on any atom is -0.0615 e. The van der Waals surface area contributed by atoms with E-state index in [1.807, 2.05) is 0 Å². The molecule has 58 valence electrons. The van der Waals surface area contributed by atoms with Crippen molar-refractivity contribution in [2.45, 2.75) is 24.9 Å². The van der Waals surface area contributed by atoms with Gasteiger partial charge in [-0.05, 0) is 31.2 Å². The van der Waals surface area contributed by atoms with E-state index in [9.17, 15) is 0 Å². The lowest BCUT2D eigenvalue weighted by Crippen LogP contribution is -1.90. The van der Waals surface area contributed by atoms with Gasteiger partial charge in [0.15, 0.2) is 0 Å². The van der Waals surface area contributed by atoms with E-state index in [1.165, 1.54) is 11.3 Å². The van der Waals surface area contributed by atoms with E-state index in [0.29, 0.717) is 0 Å². The highest BCUT2D eigenvalue weighted by molar-refractivity contribution is 7.78. The molecular formula is C10H13S+. The van der Waals surface area contributed by atoms with Crippen LogP contribution in [0.25, 0.3) is 0 Å². The number of rotatable bonds is 0. The van der Waals surface area contributed by atoms with E-state index in [2.05, 4.69) is 32.0 Å². The van der Waals surface area contributed by atoms with Crippen molar-refractivity contribution in [3.05, 3.63) is 34.9 Å². The fourth-order valence-electron chi connectivity index (χ4n) is 1.80. The second-order valence-corrected chi connectivity index (χ2v) is 4.62. The molecular weight excluding hydrogens is 152 g/mol. The van der Waals surface area contributed by atoms with Crippen molar-refractivity contribution in [1.29, 1.82) is 0 Å². The number of hydrogen-bond acceptors (Lipinski definition) is 0. The third-order valence-corrected chi connectivity index (χ3v) is 3.70. The third-order valence-electron chi connectivity index (χ3n) is 2.37. The van der Waals surface area contributed by atoms with Gasteiger partial charge in [0.1, 0.15) is 11.0 Å². The molecule has 0 saturated heterocycles. The molecule has 0 spiro atoms. The van der Waals surface area contributed by atoms with Crippen LogP contribution in [0.1, 0.15) is 28.9 Å². The zero-order valence-corrected chi connectivity index (χ0v) is 7.86. The van der Waals surface area contributed by atoms with Crippen molar-refractivity contribution in [1.82, 2.24) is 0 Å². The van der Waals surface area contributed by atoms with Gasteiger partial charge in [0, 0.05) is 11.1 Å². The van der Waals surface area contributed by atoms with Gasteiger partial charge in [0.25, 0.3) is 0 Å². The summed E-state index contributed by atoms with van der Waals surface area (Å²) in [4.78, 5) is 0. The lowest BCUT2D eigenvalue weighted by Gasteiger charge is -2.01. The van der Waals surface area contributed by atoms with E-state index in [1.54, 1.807) is 22.9 Å². The summed E-state index contributed by atoms with van der Waals surface area (Å²) in [6.07, 6.45) is 0. The predicted molar refractivity (Wildman–Crippen MR) is 52.1 cm³/mol. The predicted octanol–water partition coefficient (Wildman–Crippen LogP) is 2.38. The molecule has 0 N–H and O–H groups in total. The molecule has 0 amide bonds. The maximum atomic E-state index is 2.32. The van der Waals surface area contributed by atoms with E-state index in [-0.39, 0.29) is 0 Å². The largest absolute Gasteiger partial charge is 0.139 e. The van der Waals surface area contributed by atoms with E-state index in [4.69, 9.17) is 0 Å². The summed E-state index contributed by atoms with van der Waals surface area (Å²) >= 11 is 1.58. The zero-order valence-electron chi connectivity index (χ0n) is 6.96. The molecule has 1 heteroatoms. The summed E-state index contributed by atoms with van der Waals surface area (Å²) < 4.78 is 0. The van der Waals surface area contributed by atoms with Gasteiger partial charge in [0.05, 0.1) is 0 Å². The Kier molecular flexibility index (Phi) is 1.68. The Balaban J connectivity index is 2.58. The molecule has 0 fully saturated rings. The van der Waals surface area contributed by atoms with Crippen LogP contribution < -0.4 is 0 Å². The monoisotopic (exact) mass is 165 g/mol. The summed E-state index contributed by atoms with van der Waals surface area (Å²) in [6.45, 7) is 4.54. The highest BCUT2D eigenvalue weighted by atomic mass is 32.2. The topological polar surface area (TPSA) is 0 Å². The van der Waals surface area contributed by atoms with E-state index < -0.39 is 0 Å². The standard InChI is InChI=1S/C10H12S/c1-7-4-3-5-9-6-11-8(2)10(7)9/h3-5,8H,6H2,1-2H3/p+1. The van der Waals surface area contributed by atoms with Gasteiger partial charge >= 0.3 is 0 Å². The molecule has 0 nitrogen and oxygen atoms in total. The molecule has 0 aromatic heterocycles. The molecule has 11 heavy (non-hydrogen) atoms. The summed E-state index contributed by atoms with van der Waals surface area (Å²) in [7, 11) is 0. The molecule has 0 aliphatic carbocycles. The van der Waals surface area contributed by atoms with Crippen LogP contribution in [-0.4, -0.2) is 0 Å². The number of thiol groups is 1. The van der Waals surface area contributed by atoms with Crippen LogP contribution in [0.15, 0.2) is 18.2 Å². The van der Waals surface area contributed by atoms with E-state index in [0.717, 1.165) is 5.25 Å². The van der Waals surface area contributed by atoms with Crippen molar-refractivity contribution in [3.8, 4) is 0 Å². The first-order valence-electron chi connectivity index (χ1n) is 4.04. The maximum Gasteiger partial charge on any atom is 0.139 e. The zero-order chi connectivity index (χ0) is 7.84. The van der Waals surface area contributed by atoms with Crippen molar-refractivity contribution >= 4 is 11.8 Å². The first-order valence-corrected chi connectivity index (χ1v) is 5.19. The van der Waals surface area contributed by atoms with Crippen molar-refractivity contribution in [2.24, 2.45) is 0 Å². The first kappa shape index (κ1) is 7.23. The number of aryl methyl sites for hydroxylation is 1. The van der Waals surface area contributed by atoms with Crippen LogP contribution in [0.4, 0.5) is 0 Å². The molecule has 1 atom stereocenters. The molecule has 1 aliphatic rings.